The van der Waals surface area contributed by atoms with Gasteiger partial charge in [0.05, 0.1) is 17.4 Å². The molecule has 6 nitrogen and oxygen atoms in total. The molecule has 1 fully saturated rings. The first-order valence-corrected chi connectivity index (χ1v) is 10.6. The second-order valence-electron chi connectivity index (χ2n) is 6.84. The molecule has 4 rings (SSSR count). The first-order chi connectivity index (χ1) is 14.2. The van der Waals surface area contributed by atoms with E-state index in [1.165, 1.54) is 12.1 Å². The second kappa shape index (κ2) is 7.67. The van der Waals surface area contributed by atoms with Gasteiger partial charge in [0, 0.05) is 37.3 Å². The average molecular weight is 437 g/mol. The van der Waals surface area contributed by atoms with Crippen LogP contribution in [0.1, 0.15) is 0 Å². The van der Waals surface area contributed by atoms with Gasteiger partial charge in [0.2, 0.25) is 0 Å². The third-order valence-electron chi connectivity index (χ3n) is 4.89. The SMILES string of the molecule is O=S(=O)(Oc1ccc2ncc(N3CCN(c4ccccc4)CC3)cc2c1)C(F)(F)F. The molecule has 0 unspecified atom stereocenters. The number of halogens is 3. The molecule has 2 aromatic carbocycles. The third-order valence-corrected chi connectivity index (χ3v) is 5.87. The number of benzene rings is 2. The maximum absolute atomic E-state index is 12.6. The summed E-state index contributed by atoms with van der Waals surface area (Å²) in [6.07, 6.45) is 1.70. The van der Waals surface area contributed by atoms with Crippen LogP contribution in [-0.2, 0) is 10.1 Å². The molecule has 1 saturated heterocycles. The molecule has 10 heteroatoms. The van der Waals surface area contributed by atoms with Gasteiger partial charge >= 0.3 is 15.6 Å². The molecular formula is C20H18F3N3O3S. The Labute approximate surface area is 171 Å². The Kier molecular flexibility index (Phi) is 5.19. The maximum Gasteiger partial charge on any atom is 0.534 e. The lowest BCUT2D eigenvalue weighted by Gasteiger charge is -2.37. The Hall–Kier alpha value is -3.01. The molecule has 30 heavy (non-hydrogen) atoms. The van der Waals surface area contributed by atoms with Crippen molar-refractivity contribution < 1.29 is 25.8 Å². The fourth-order valence-electron chi connectivity index (χ4n) is 3.36. The number of hydrogen-bond acceptors (Lipinski definition) is 6. The molecule has 0 atom stereocenters. The van der Waals surface area contributed by atoms with E-state index in [1.807, 2.05) is 18.2 Å². The van der Waals surface area contributed by atoms with Crippen LogP contribution in [0.4, 0.5) is 24.5 Å². The lowest BCUT2D eigenvalue weighted by molar-refractivity contribution is -0.0500. The van der Waals surface area contributed by atoms with E-state index < -0.39 is 21.4 Å². The van der Waals surface area contributed by atoms with Gasteiger partial charge in [-0.2, -0.15) is 21.6 Å². The summed E-state index contributed by atoms with van der Waals surface area (Å²) in [5.41, 5.74) is -2.99. The minimum atomic E-state index is -5.72. The van der Waals surface area contributed by atoms with Gasteiger partial charge in [-0.1, -0.05) is 18.2 Å². The number of para-hydroxylation sites is 1. The van der Waals surface area contributed by atoms with E-state index in [0.29, 0.717) is 10.9 Å². The van der Waals surface area contributed by atoms with Gasteiger partial charge in [0.1, 0.15) is 5.75 Å². The van der Waals surface area contributed by atoms with Crippen molar-refractivity contribution in [2.24, 2.45) is 0 Å². The Morgan fingerprint density at radius 2 is 1.50 bits per heavy atom. The highest BCUT2D eigenvalue weighted by Gasteiger charge is 2.48. The Balaban J connectivity index is 1.52. The van der Waals surface area contributed by atoms with Crippen molar-refractivity contribution in [1.82, 2.24) is 4.98 Å². The number of piperazine rings is 1. The van der Waals surface area contributed by atoms with Crippen LogP contribution in [-0.4, -0.2) is 45.1 Å². The van der Waals surface area contributed by atoms with Crippen LogP contribution in [0.15, 0.2) is 60.8 Å². The number of aromatic nitrogens is 1. The van der Waals surface area contributed by atoms with Crippen LogP contribution in [0.3, 0.4) is 0 Å². The van der Waals surface area contributed by atoms with Crippen molar-refractivity contribution in [3.8, 4) is 5.75 Å². The van der Waals surface area contributed by atoms with Gasteiger partial charge < -0.3 is 14.0 Å². The molecule has 3 aromatic rings. The van der Waals surface area contributed by atoms with E-state index in [-0.39, 0.29) is 0 Å². The lowest BCUT2D eigenvalue weighted by Crippen LogP contribution is -2.46. The molecule has 0 saturated carbocycles. The molecule has 1 aliphatic rings. The molecule has 2 heterocycles. The zero-order valence-electron chi connectivity index (χ0n) is 15.7. The van der Waals surface area contributed by atoms with Gasteiger partial charge in [0.25, 0.3) is 0 Å². The summed E-state index contributed by atoms with van der Waals surface area (Å²) < 4.78 is 64.4. The summed E-state index contributed by atoms with van der Waals surface area (Å²) in [6.45, 7) is 3.13. The van der Waals surface area contributed by atoms with E-state index in [2.05, 4.69) is 31.1 Å². The van der Waals surface area contributed by atoms with E-state index in [1.54, 1.807) is 12.3 Å². The van der Waals surface area contributed by atoms with E-state index in [9.17, 15) is 21.6 Å². The molecule has 1 aromatic heterocycles. The topological polar surface area (TPSA) is 62.7 Å². The van der Waals surface area contributed by atoms with Gasteiger partial charge in [-0.05, 0) is 36.4 Å². The molecule has 158 valence electrons. The standard InChI is InChI=1S/C20H18F3N3O3S/c21-20(22,23)30(27,28)29-18-6-7-19-15(13-18)12-17(14-24-19)26-10-8-25(9-11-26)16-4-2-1-3-5-16/h1-7,12-14H,8-11H2. The van der Waals surface area contributed by atoms with Gasteiger partial charge in [0.15, 0.2) is 0 Å². The molecular weight excluding hydrogens is 419 g/mol. The Morgan fingerprint density at radius 3 is 2.13 bits per heavy atom. The summed E-state index contributed by atoms with van der Waals surface area (Å²) in [5, 5.41) is 0.493. The summed E-state index contributed by atoms with van der Waals surface area (Å²) in [4.78, 5) is 8.74. The quantitative estimate of drug-likeness (QED) is 0.457. The van der Waals surface area contributed by atoms with Crippen molar-refractivity contribution in [2.75, 3.05) is 36.0 Å². The summed E-state index contributed by atoms with van der Waals surface area (Å²) >= 11 is 0. The minimum absolute atomic E-state index is 0.410. The zero-order valence-corrected chi connectivity index (χ0v) is 16.5. The van der Waals surface area contributed by atoms with Crippen LogP contribution in [0, 0.1) is 0 Å². The fraction of sp³-hybridized carbons (Fsp3) is 0.250. The van der Waals surface area contributed by atoms with Crippen molar-refractivity contribution in [3.63, 3.8) is 0 Å². The Morgan fingerprint density at radius 1 is 0.867 bits per heavy atom. The predicted molar refractivity (Wildman–Crippen MR) is 108 cm³/mol. The number of alkyl halides is 3. The summed E-state index contributed by atoms with van der Waals surface area (Å²) in [6, 6.07) is 15.7. The van der Waals surface area contributed by atoms with Crippen LogP contribution in [0.5, 0.6) is 5.75 Å². The smallest absolute Gasteiger partial charge is 0.376 e. The fourth-order valence-corrected chi connectivity index (χ4v) is 3.81. The van der Waals surface area contributed by atoms with Crippen LogP contribution >= 0.6 is 0 Å². The monoisotopic (exact) mass is 437 g/mol. The number of anilines is 2. The van der Waals surface area contributed by atoms with E-state index in [0.717, 1.165) is 43.6 Å². The molecule has 1 aliphatic heterocycles. The molecule has 0 aliphatic carbocycles. The third kappa shape index (κ3) is 4.13. The lowest BCUT2D eigenvalue weighted by atomic mass is 10.1. The molecule has 0 spiro atoms. The predicted octanol–water partition coefficient (Wildman–Crippen LogP) is 3.79. The zero-order chi connectivity index (χ0) is 21.4. The van der Waals surface area contributed by atoms with Crippen molar-refractivity contribution >= 4 is 32.4 Å². The largest absolute Gasteiger partial charge is 0.534 e. The first-order valence-electron chi connectivity index (χ1n) is 9.18. The average Bonchev–Trinajstić information content (AvgIpc) is 2.73. The molecule has 0 N–H and O–H groups in total. The summed E-state index contributed by atoms with van der Waals surface area (Å²) in [7, 11) is -5.72. The van der Waals surface area contributed by atoms with Gasteiger partial charge in [-0.15, -0.1) is 0 Å². The first kappa shape index (κ1) is 20.3. The number of hydrogen-bond donors (Lipinski definition) is 0. The van der Waals surface area contributed by atoms with Gasteiger partial charge in [-0.3, -0.25) is 4.98 Å². The van der Waals surface area contributed by atoms with E-state index in [4.69, 9.17) is 0 Å². The van der Waals surface area contributed by atoms with Crippen molar-refractivity contribution in [3.05, 3.63) is 60.8 Å². The number of fused-ring (bicyclic) bond motifs is 1. The maximum atomic E-state index is 12.6. The number of rotatable bonds is 4. The molecule has 0 amide bonds. The molecule has 0 bridgehead atoms. The van der Waals surface area contributed by atoms with Gasteiger partial charge in [-0.25, -0.2) is 0 Å². The van der Waals surface area contributed by atoms with Crippen LogP contribution in [0.2, 0.25) is 0 Å². The van der Waals surface area contributed by atoms with E-state index >= 15 is 0 Å². The number of nitrogens with zero attached hydrogens (tertiary/aromatic N) is 3. The highest BCUT2D eigenvalue weighted by Crippen LogP contribution is 2.30. The molecule has 0 radical (unpaired) electrons. The highest BCUT2D eigenvalue weighted by molar-refractivity contribution is 7.88. The number of pyridine rings is 1. The van der Waals surface area contributed by atoms with Crippen LogP contribution < -0.4 is 14.0 Å². The second-order valence-corrected chi connectivity index (χ2v) is 8.38. The normalized spacial score (nSPS) is 15.4. The van der Waals surface area contributed by atoms with Crippen LogP contribution in [0.25, 0.3) is 10.9 Å². The minimum Gasteiger partial charge on any atom is -0.376 e. The van der Waals surface area contributed by atoms with Crippen molar-refractivity contribution in [2.45, 2.75) is 5.51 Å². The summed E-state index contributed by atoms with van der Waals surface area (Å²) in [5.74, 6) is -0.410. The Bertz CT molecular complexity index is 1150. The highest BCUT2D eigenvalue weighted by atomic mass is 32.2. The van der Waals surface area contributed by atoms with Crippen molar-refractivity contribution in [1.29, 1.82) is 0 Å².